The van der Waals surface area contributed by atoms with Crippen LogP contribution in [0.5, 0.6) is 0 Å². The van der Waals surface area contributed by atoms with E-state index < -0.39 is 0 Å². The Morgan fingerprint density at radius 1 is 0.875 bits per heavy atom. The number of amides is 1. The molecule has 1 fully saturated rings. The third-order valence-corrected chi connectivity index (χ3v) is 4.66. The molecule has 1 amide bonds. The molecule has 0 aliphatic carbocycles. The lowest BCUT2D eigenvalue weighted by atomic mass is 10.0. The molecule has 3 heteroatoms. The van der Waals surface area contributed by atoms with Crippen LogP contribution in [0.3, 0.4) is 0 Å². The van der Waals surface area contributed by atoms with Gasteiger partial charge in [-0.05, 0) is 23.1 Å². The summed E-state index contributed by atoms with van der Waals surface area (Å²) in [6.45, 7) is 6.69. The number of carbonyl (C=O) groups excluding carboxylic acids is 1. The van der Waals surface area contributed by atoms with E-state index in [2.05, 4.69) is 60.4 Å². The van der Waals surface area contributed by atoms with Gasteiger partial charge in [-0.2, -0.15) is 0 Å². The number of nitrogens with zero attached hydrogens (tertiary/aromatic N) is 2. The molecule has 126 valence electrons. The van der Waals surface area contributed by atoms with Crippen molar-refractivity contribution in [2.45, 2.75) is 26.3 Å². The van der Waals surface area contributed by atoms with Gasteiger partial charge in [0, 0.05) is 39.1 Å². The first-order valence-electron chi connectivity index (χ1n) is 8.91. The maximum atomic E-state index is 11.9. The molecular weight excluding hydrogens is 296 g/mol. The first-order valence-corrected chi connectivity index (χ1v) is 8.91. The number of hydrogen-bond acceptors (Lipinski definition) is 2. The second kappa shape index (κ2) is 8.11. The predicted molar refractivity (Wildman–Crippen MR) is 98.6 cm³/mol. The van der Waals surface area contributed by atoms with Crippen LogP contribution in [0.25, 0.3) is 11.1 Å². The highest BCUT2D eigenvalue weighted by Crippen LogP contribution is 2.20. The van der Waals surface area contributed by atoms with Crippen molar-refractivity contribution in [2.75, 3.05) is 26.2 Å². The number of rotatable bonds is 5. The third-order valence-electron chi connectivity index (χ3n) is 4.66. The summed E-state index contributed by atoms with van der Waals surface area (Å²) in [7, 11) is 0. The van der Waals surface area contributed by atoms with Gasteiger partial charge in [-0.25, -0.2) is 0 Å². The summed E-state index contributed by atoms with van der Waals surface area (Å²) in [5, 5.41) is 0. The molecule has 24 heavy (non-hydrogen) atoms. The van der Waals surface area contributed by atoms with Gasteiger partial charge < -0.3 is 4.90 Å². The molecule has 0 spiro atoms. The summed E-state index contributed by atoms with van der Waals surface area (Å²) in [4.78, 5) is 16.4. The summed E-state index contributed by atoms with van der Waals surface area (Å²) in [5.74, 6) is 0.310. The van der Waals surface area contributed by atoms with Gasteiger partial charge in [0.1, 0.15) is 0 Å². The minimum Gasteiger partial charge on any atom is -0.340 e. The topological polar surface area (TPSA) is 23.6 Å². The van der Waals surface area contributed by atoms with E-state index in [1.165, 1.54) is 16.7 Å². The molecule has 1 aliphatic heterocycles. The molecule has 0 N–H and O–H groups in total. The van der Waals surface area contributed by atoms with Crippen molar-refractivity contribution in [1.82, 2.24) is 9.80 Å². The van der Waals surface area contributed by atoms with Crippen LogP contribution in [-0.2, 0) is 11.3 Å². The number of hydrogen-bond donors (Lipinski definition) is 0. The molecular formula is C21H26N2O. The highest BCUT2D eigenvalue weighted by Gasteiger charge is 2.20. The van der Waals surface area contributed by atoms with Gasteiger partial charge in [0.05, 0.1) is 0 Å². The maximum Gasteiger partial charge on any atom is 0.222 e. The van der Waals surface area contributed by atoms with Crippen LogP contribution in [0.4, 0.5) is 0 Å². The summed E-state index contributed by atoms with van der Waals surface area (Å²) in [6, 6.07) is 19.3. The Morgan fingerprint density at radius 2 is 1.50 bits per heavy atom. The minimum absolute atomic E-state index is 0.310. The molecule has 0 unspecified atom stereocenters. The smallest absolute Gasteiger partial charge is 0.222 e. The van der Waals surface area contributed by atoms with Crippen molar-refractivity contribution in [3.63, 3.8) is 0 Å². The van der Waals surface area contributed by atoms with Gasteiger partial charge in [0.2, 0.25) is 5.91 Å². The summed E-state index contributed by atoms with van der Waals surface area (Å²) in [6.07, 6.45) is 1.62. The Balaban J connectivity index is 1.53. The third kappa shape index (κ3) is 4.24. The Bertz CT molecular complexity index is 643. The van der Waals surface area contributed by atoms with Gasteiger partial charge in [-0.15, -0.1) is 0 Å². The molecule has 3 nitrogen and oxygen atoms in total. The molecule has 1 saturated heterocycles. The van der Waals surface area contributed by atoms with E-state index >= 15 is 0 Å². The summed E-state index contributed by atoms with van der Waals surface area (Å²) in [5.41, 5.74) is 3.85. The highest BCUT2D eigenvalue weighted by molar-refractivity contribution is 5.76. The van der Waals surface area contributed by atoms with Crippen molar-refractivity contribution in [3.8, 4) is 11.1 Å². The first kappa shape index (κ1) is 16.7. The predicted octanol–water partition coefficient (Wildman–Crippen LogP) is 3.80. The van der Waals surface area contributed by atoms with E-state index in [9.17, 15) is 4.79 Å². The van der Waals surface area contributed by atoms with Gasteiger partial charge >= 0.3 is 0 Å². The van der Waals surface area contributed by atoms with Gasteiger partial charge in [-0.3, -0.25) is 9.69 Å². The molecule has 0 radical (unpaired) electrons. The fourth-order valence-corrected chi connectivity index (χ4v) is 3.22. The number of benzene rings is 2. The molecule has 2 aromatic rings. The summed E-state index contributed by atoms with van der Waals surface area (Å²) >= 11 is 0. The lowest BCUT2D eigenvalue weighted by molar-refractivity contribution is -0.133. The van der Waals surface area contributed by atoms with Crippen LogP contribution in [0.1, 0.15) is 25.3 Å². The van der Waals surface area contributed by atoms with E-state index in [-0.39, 0.29) is 0 Å². The van der Waals surface area contributed by atoms with Crippen molar-refractivity contribution in [3.05, 3.63) is 60.2 Å². The lowest BCUT2D eigenvalue weighted by Crippen LogP contribution is -2.48. The number of carbonyl (C=O) groups is 1. The van der Waals surface area contributed by atoms with Crippen molar-refractivity contribution < 1.29 is 4.79 Å². The van der Waals surface area contributed by atoms with E-state index in [4.69, 9.17) is 0 Å². The van der Waals surface area contributed by atoms with E-state index in [0.717, 1.165) is 39.1 Å². The zero-order valence-electron chi connectivity index (χ0n) is 14.4. The largest absolute Gasteiger partial charge is 0.340 e. The van der Waals surface area contributed by atoms with Gasteiger partial charge in [0.25, 0.3) is 0 Å². The minimum atomic E-state index is 0.310. The van der Waals surface area contributed by atoms with Crippen LogP contribution in [0, 0.1) is 0 Å². The Labute approximate surface area is 144 Å². The first-order chi connectivity index (χ1) is 11.8. The monoisotopic (exact) mass is 322 g/mol. The molecule has 2 aromatic carbocycles. The quantitative estimate of drug-likeness (QED) is 0.836. The highest BCUT2D eigenvalue weighted by atomic mass is 16.2. The fraction of sp³-hybridized carbons (Fsp3) is 0.381. The average molecular weight is 322 g/mol. The Hall–Kier alpha value is -2.13. The van der Waals surface area contributed by atoms with E-state index in [1.54, 1.807) is 0 Å². The molecule has 1 aliphatic rings. The zero-order valence-corrected chi connectivity index (χ0v) is 14.4. The standard InChI is InChI=1S/C21H26N2O/c1-2-6-21(24)23-15-13-22(14-16-23)17-18-9-11-20(12-10-18)19-7-4-3-5-8-19/h3-5,7-12H,2,6,13-17H2,1H3. The SMILES string of the molecule is CCCC(=O)N1CCN(Cc2ccc(-c3ccccc3)cc2)CC1. The molecule has 0 saturated carbocycles. The van der Waals surface area contributed by atoms with Crippen LogP contribution < -0.4 is 0 Å². The van der Waals surface area contributed by atoms with Crippen molar-refractivity contribution in [1.29, 1.82) is 0 Å². The van der Waals surface area contributed by atoms with E-state index in [1.807, 2.05) is 11.0 Å². The molecule has 3 rings (SSSR count). The van der Waals surface area contributed by atoms with Crippen LogP contribution in [0.2, 0.25) is 0 Å². The molecule has 1 heterocycles. The van der Waals surface area contributed by atoms with E-state index in [0.29, 0.717) is 12.3 Å². The van der Waals surface area contributed by atoms with Gasteiger partial charge in [-0.1, -0.05) is 61.5 Å². The number of piperazine rings is 1. The van der Waals surface area contributed by atoms with Crippen molar-refractivity contribution >= 4 is 5.91 Å². The Morgan fingerprint density at radius 3 is 2.12 bits per heavy atom. The Kier molecular flexibility index (Phi) is 5.65. The second-order valence-corrected chi connectivity index (χ2v) is 6.47. The maximum absolute atomic E-state index is 11.9. The summed E-state index contributed by atoms with van der Waals surface area (Å²) < 4.78 is 0. The molecule has 0 atom stereocenters. The van der Waals surface area contributed by atoms with Crippen LogP contribution in [0.15, 0.2) is 54.6 Å². The fourth-order valence-electron chi connectivity index (χ4n) is 3.22. The zero-order chi connectivity index (χ0) is 16.8. The average Bonchev–Trinajstić information content (AvgIpc) is 2.64. The van der Waals surface area contributed by atoms with Crippen LogP contribution >= 0.6 is 0 Å². The van der Waals surface area contributed by atoms with Crippen molar-refractivity contribution in [2.24, 2.45) is 0 Å². The van der Waals surface area contributed by atoms with Crippen LogP contribution in [-0.4, -0.2) is 41.9 Å². The van der Waals surface area contributed by atoms with Gasteiger partial charge in [0.15, 0.2) is 0 Å². The molecule has 0 bridgehead atoms. The lowest BCUT2D eigenvalue weighted by Gasteiger charge is -2.34. The normalized spacial score (nSPS) is 15.5. The second-order valence-electron chi connectivity index (χ2n) is 6.47. The molecule has 0 aromatic heterocycles.